The first-order valence-corrected chi connectivity index (χ1v) is 13.4. The number of fused-ring (bicyclic) bond motifs is 1. The molecule has 3 aromatic carbocycles. The van der Waals surface area contributed by atoms with Crippen LogP contribution in [0.1, 0.15) is 32.8 Å². The van der Waals surface area contributed by atoms with Gasteiger partial charge in [-0.3, -0.25) is 14.6 Å². The van der Waals surface area contributed by atoms with Crippen molar-refractivity contribution < 1.29 is 27.5 Å². The number of carbonyl (C=O) groups is 2. The number of halogens is 3. The molecule has 1 saturated heterocycles. The van der Waals surface area contributed by atoms with E-state index in [2.05, 4.69) is 20.5 Å². The van der Waals surface area contributed by atoms with E-state index < -0.39 is 17.6 Å². The first-order chi connectivity index (χ1) is 20.0. The smallest absolute Gasteiger partial charge is 0.416 e. The summed E-state index contributed by atoms with van der Waals surface area (Å²) < 4.78 is 46.8. The zero-order valence-electron chi connectivity index (χ0n) is 23.3. The van der Waals surface area contributed by atoms with Crippen molar-refractivity contribution in [3.8, 4) is 11.5 Å². The highest BCUT2D eigenvalue weighted by atomic mass is 19.4. The summed E-state index contributed by atoms with van der Waals surface area (Å²) in [5.41, 5.74) is 0.330. The molecule has 0 aliphatic carbocycles. The fourth-order valence-electron chi connectivity index (χ4n) is 5.05. The maximum atomic E-state index is 13.6. The fraction of sp³-hybridized carbons (Fsp3) is 0.258. The molecule has 0 saturated carbocycles. The van der Waals surface area contributed by atoms with Crippen LogP contribution in [0.2, 0.25) is 0 Å². The molecule has 1 aliphatic rings. The second kappa shape index (κ2) is 11.7. The molecule has 11 heteroatoms. The van der Waals surface area contributed by atoms with Crippen molar-refractivity contribution in [3.63, 3.8) is 0 Å². The lowest BCUT2D eigenvalue weighted by Gasteiger charge is -2.25. The first kappa shape index (κ1) is 28.9. The molecule has 1 aliphatic heterocycles. The van der Waals surface area contributed by atoms with Gasteiger partial charge >= 0.3 is 6.18 Å². The monoisotopic (exact) mass is 577 g/mol. The van der Waals surface area contributed by atoms with E-state index in [4.69, 9.17) is 4.74 Å². The van der Waals surface area contributed by atoms with Crippen LogP contribution < -0.4 is 20.3 Å². The quantitative estimate of drug-likeness (QED) is 0.289. The van der Waals surface area contributed by atoms with Crippen molar-refractivity contribution in [1.82, 2.24) is 15.2 Å². The van der Waals surface area contributed by atoms with E-state index in [1.165, 1.54) is 25.4 Å². The standard InChI is InChI=1S/C31H30F3N5O3/c1-35-30(41)27-17-23(11-13-36-27)42-22-8-9-24-19(15-22)5-4-6-25(24)29(40)37-26-16-20(31(32,33)34)7-10-28(26)39-14-12-21(18-39)38(2)3/h4-11,13,15-17,21H,12,14,18H2,1-3H3,(H,35,41)(H,37,40)/t21-/m1/s1. The number of hydrogen-bond donors (Lipinski definition) is 2. The molecule has 8 nitrogen and oxygen atoms in total. The van der Waals surface area contributed by atoms with Gasteiger partial charge in [0.25, 0.3) is 11.8 Å². The summed E-state index contributed by atoms with van der Waals surface area (Å²) in [5, 5.41) is 6.57. The molecule has 1 aromatic heterocycles. The molecular formula is C31H30F3N5O3. The third-order valence-electron chi connectivity index (χ3n) is 7.33. The number of nitrogens with zero attached hydrogens (tertiary/aromatic N) is 3. The number of nitrogens with one attached hydrogen (secondary N) is 2. The largest absolute Gasteiger partial charge is 0.457 e. The average Bonchev–Trinajstić information content (AvgIpc) is 3.46. The van der Waals surface area contributed by atoms with E-state index in [9.17, 15) is 22.8 Å². The van der Waals surface area contributed by atoms with Crippen LogP contribution in [0.4, 0.5) is 24.5 Å². The minimum absolute atomic E-state index is 0.107. The number of carbonyl (C=O) groups excluding carboxylic acids is 2. The number of anilines is 2. The van der Waals surface area contributed by atoms with E-state index in [-0.39, 0.29) is 23.3 Å². The Labute approximate surface area is 241 Å². The zero-order valence-corrected chi connectivity index (χ0v) is 23.3. The maximum absolute atomic E-state index is 13.6. The normalized spacial score (nSPS) is 15.2. The zero-order chi connectivity index (χ0) is 30.0. The lowest BCUT2D eigenvalue weighted by Crippen LogP contribution is -2.31. The summed E-state index contributed by atoms with van der Waals surface area (Å²) in [6.07, 6.45) is -2.23. The third-order valence-corrected chi connectivity index (χ3v) is 7.33. The van der Waals surface area contributed by atoms with Gasteiger partial charge in [-0.1, -0.05) is 12.1 Å². The summed E-state index contributed by atoms with van der Waals surface area (Å²) in [6, 6.07) is 17.1. The van der Waals surface area contributed by atoms with E-state index in [0.717, 1.165) is 18.6 Å². The molecule has 0 bridgehead atoms. The first-order valence-electron chi connectivity index (χ1n) is 13.4. The Balaban J connectivity index is 1.43. The van der Waals surface area contributed by atoms with Gasteiger partial charge in [-0.15, -0.1) is 0 Å². The lowest BCUT2D eigenvalue weighted by atomic mass is 10.0. The Kier molecular flexibility index (Phi) is 8.04. The van der Waals surface area contributed by atoms with Crippen LogP contribution in [0.15, 0.2) is 72.9 Å². The van der Waals surface area contributed by atoms with Crippen LogP contribution in [-0.4, -0.2) is 62.0 Å². The molecule has 1 fully saturated rings. The van der Waals surface area contributed by atoms with Gasteiger partial charge in [0.15, 0.2) is 0 Å². The molecule has 0 radical (unpaired) electrons. The van der Waals surface area contributed by atoms with Crippen molar-refractivity contribution in [3.05, 3.63) is 89.7 Å². The minimum Gasteiger partial charge on any atom is -0.457 e. The van der Waals surface area contributed by atoms with Crippen molar-refractivity contribution in [1.29, 1.82) is 0 Å². The van der Waals surface area contributed by atoms with Gasteiger partial charge in [0.2, 0.25) is 0 Å². The number of alkyl halides is 3. The van der Waals surface area contributed by atoms with Crippen molar-refractivity contribution in [2.45, 2.75) is 18.6 Å². The summed E-state index contributed by atoms with van der Waals surface area (Å²) in [5.74, 6) is 0.00875. The van der Waals surface area contributed by atoms with Gasteiger partial charge in [-0.05, 0) is 79.8 Å². The van der Waals surface area contributed by atoms with Crippen LogP contribution in [0.25, 0.3) is 10.8 Å². The van der Waals surface area contributed by atoms with Gasteiger partial charge < -0.3 is 25.2 Å². The van der Waals surface area contributed by atoms with Crippen LogP contribution in [0, 0.1) is 0 Å². The number of hydrogen-bond acceptors (Lipinski definition) is 6. The number of likely N-dealkylation sites (N-methyl/N-ethyl adjacent to an activating group) is 1. The highest BCUT2D eigenvalue weighted by molar-refractivity contribution is 6.14. The van der Waals surface area contributed by atoms with E-state index >= 15 is 0 Å². The van der Waals surface area contributed by atoms with Crippen LogP contribution in [0.5, 0.6) is 11.5 Å². The van der Waals surface area contributed by atoms with Crippen molar-refractivity contribution >= 4 is 34.0 Å². The Bertz CT molecular complexity index is 1640. The van der Waals surface area contributed by atoms with Crippen LogP contribution in [0.3, 0.4) is 0 Å². The predicted molar refractivity (Wildman–Crippen MR) is 155 cm³/mol. The second-order valence-electron chi connectivity index (χ2n) is 10.3. The molecule has 2 amide bonds. The summed E-state index contributed by atoms with van der Waals surface area (Å²) in [7, 11) is 5.45. The van der Waals surface area contributed by atoms with Gasteiger partial charge in [0, 0.05) is 44.0 Å². The molecular weight excluding hydrogens is 547 g/mol. The number of benzene rings is 3. The molecule has 218 valence electrons. The van der Waals surface area contributed by atoms with E-state index in [1.54, 1.807) is 36.4 Å². The molecule has 0 unspecified atom stereocenters. The van der Waals surface area contributed by atoms with E-state index in [0.29, 0.717) is 46.6 Å². The highest BCUT2D eigenvalue weighted by Gasteiger charge is 2.33. The molecule has 4 aromatic rings. The molecule has 0 spiro atoms. The highest BCUT2D eigenvalue weighted by Crippen LogP contribution is 2.37. The fourth-order valence-corrected chi connectivity index (χ4v) is 5.05. The minimum atomic E-state index is -4.55. The van der Waals surface area contributed by atoms with Crippen LogP contribution in [-0.2, 0) is 6.18 Å². The summed E-state index contributed by atoms with van der Waals surface area (Å²) in [6.45, 7) is 1.30. The van der Waals surface area contributed by atoms with Gasteiger partial charge in [-0.25, -0.2) is 0 Å². The Morgan fingerprint density at radius 3 is 2.50 bits per heavy atom. The predicted octanol–water partition coefficient (Wildman–Crippen LogP) is 5.80. The molecule has 1 atom stereocenters. The molecule has 5 rings (SSSR count). The lowest BCUT2D eigenvalue weighted by molar-refractivity contribution is -0.137. The van der Waals surface area contributed by atoms with E-state index in [1.807, 2.05) is 25.1 Å². The molecule has 2 N–H and O–H groups in total. The van der Waals surface area contributed by atoms with Gasteiger partial charge in [0.05, 0.1) is 16.9 Å². The third kappa shape index (κ3) is 6.15. The number of rotatable bonds is 7. The Morgan fingerprint density at radius 2 is 1.79 bits per heavy atom. The van der Waals surface area contributed by atoms with Crippen molar-refractivity contribution in [2.75, 3.05) is 44.4 Å². The second-order valence-corrected chi connectivity index (χ2v) is 10.3. The summed E-state index contributed by atoms with van der Waals surface area (Å²) in [4.78, 5) is 33.6. The number of aromatic nitrogens is 1. The van der Waals surface area contributed by atoms with Crippen molar-refractivity contribution in [2.24, 2.45) is 0 Å². The molecule has 2 heterocycles. The van der Waals surface area contributed by atoms with Crippen LogP contribution >= 0.6 is 0 Å². The number of ether oxygens (including phenoxy) is 1. The topological polar surface area (TPSA) is 86.8 Å². The summed E-state index contributed by atoms with van der Waals surface area (Å²) >= 11 is 0. The van der Waals surface area contributed by atoms with Gasteiger partial charge in [-0.2, -0.15) is 13.2 Å². The Morgan fingerprint density at radius 1 is 1.00 bits per heavy atom. The van der Waals surface area contributed by atoms with Gasteiger partial charge in [0.1, 0.15) is 17.2 Å². The number of pyridine rings is 1. The maximum Gasteiger partial charge on any atom is 0.416 e. The molecule has 42 heavy (non-hydrogen) atoms. The Hall–Kier alpha value is -4.64. The number of amides is 2. The average molecular weight is 578 g/mol. The SMILES string of the molecule is CNC(=O)c1cc(Oc2ccc3c(C(=O)Nc4cc(C(F)(F)F)ccc4N4CC[C@@H](N(C)C)C4)cccc3c2)ccn1.